The third kappa shape index (κ3) is 4.26. The van der Waals surface area contributed by atoms with Gasteiger partial charge in [-0.15, -0.1) is 0 Å². The Morgan fingerprint density at radius 2 is 2.05 bits per heavy atom. The second kappa shape index (κ2) is 8.02. The van der Waals surface area contributed by atoms with Gasteiger partial charge in [-0.3, -0.25) is 0 Å². The van der Waals surface area contributed by atoms with Crippen molar-refractivity contribution >= 4 is 0 Å². The van der Waals surface area contributed by atoms with Gasteiger partial charge in [-0.2, -0.15) is 0 Å². The van der Waals surface area contributed by atoms with Gasteiger partial charge >= 0.3 is 0 Å². The molecule has 4 nitrogen and oxygen atoms in total. The second-order valence-electron chi connectivity index (χ2n) is 6.93. The van der Waals surface area contributed by atoms with Gasteiger partial charge in [0.1, 0.15) is 6.61 Å². The van der Waals surface area contributed by atoms with Gasteiger partial charge in [-0.25, -0.2) is 9.97 Å². The Labute approximate surface area is 134 Å². The maximum atomic E-state index is 5.16. The quantitative estimate of drug-likeness (QED) is 0.836. The van der Waals surface area contributed by atoms with Crippen LogP contribution in [0.15, 0.2) is 12.3 Å². The smallest absolute Gasteiger partial charge is 0.154 e. The van der Waals surface area contributed by atoms with E-state index < -0.39 is 0 Å². The lowest BCUT2D eigenvalue weighted by Crippen LogP contribution is -2.38. The molecule has 4 heteroatoms. The third-order valence-electron chi connectivity index (χ3n) is 5.17. The predicted molar refractivity (Wildman–Crippen MR) is 87.7 cm³/mol. The molecule has 0 radical (unpaired) electrons. The van der Waals surface area contributed by atoms with Gasteiger partial charge in [0.25, 0.3) is 0 Å². The lowest BCUT2D eigenvalue weighted by Gasteiger charge is -2.35. The van der Waals surface area contributed by atoms with Crippen LogP contribution in [0.2, 0.25) is 0 Å². The van der Waals surface area contributed by atoms with E-state index in [1.54, 1.807) is 7.11 Å². The Bertz CT molecular complexity index is 459. The fraction of sp³-hybridized carbons (Fsp3) is 0.778. The molecule has 0 aromatic carbocycles. The summed E-state index contributed by atoms with van der Waals surface area (Å²) >= 11 is 0. The molecule has 1 aliphatic carbocycles. The highest BCUT2D eigenvalue weighted by atomic mass is 16.5. The summed E-state index contributed by atoms with van der Waals surface area (Å²) in [6.07, 6.45) is 11.6. The molecule has 22 heavy (non-hydrogen) atoms. The van der Waals surface area contributed by atoms with E-state index in [-0.39, 0.29) is 0 Å². The number of likely N-dealkylation sites (tertiary alicyclic amines) is 1. The molecular weight excluding hydrogens is 274 g/mol. The van der Waals surface area contributed by atoms with Crippen molar-refractivity contribution in [3.8, 4) is 0 Å². The van der Waals surface area contributed by atoms with Crippen LogP contribution >= 0.6 is 0 Å². The molecule has 122 valence electrons. The number of methoxy groups -OCH3 is 1. The van der Waals surface area contributed by atoms with E-state index in [9.17, 15) is 0 Å². The van der Waals surface area contributed by atoms with Crippen molar-refractivity contribution in [2.45, 2.75) is 57.5 Å². The van der Waals surface area contributed by atoms with Crippen LogP contribution in [0.25, 0.3) is 0 Å². The zero-order chi connectivity index (χ0) is 15.2. The number of nitrogens with zero attached hydrogens (tertiary/aromatic N) is 3. The third-order valence-corrected chi connectivity index (χ3v) is 5.17. The monoisotopic (exact) mass is 303 g/mol. The molecule has 0 bridgehead atoms. The molecule has 0 unspecified atom stereocenters. The number of hydrogen-bond donors (Lipinski definition) is 0. The van der Waals surface area contributed by atoms with Crippen molar-refractivity contribution < 1.29 is 4.74 Å². The van der Waals surface area contributed by atoms with E-state index in [0.29, 0.717) is 12.5 Å². The standard InChI is InChI=1S/C18H29N3O/c1-22-14-18-19-10-9-17(20-18)16-8-5-11-21(13-16)12-15-6-3-2-4-7-15/h9-10,15-16H,2-8,11-14H2,1H3/t16-/m1/s1. The van der Waals surface area contributed by atoms with Gasteiger partial charge in [-0.05, 0) is 44.2 Å². The van der Waals surface area contributed by atoms with Crippen LogP contribution in [0.3, 0.4) is 0 Å². The molecule has 1 saturated heterocycles. The van der Waals surface area contributed by atoms with E-state index in [1.165, 1.54) is 70.3 Å². The highest BCUT2D eigenvalue weighted by Gasteiger charge is 2.25. The summed E-state index contributed by atoms with van der Waals surface area (Å²) in [5.41, 5.74) is 1.20. The topological polar surface area (TPSA) is 38.2 Å². The van der Waals surface area contributed by atoms with Crippen LogP contribution in [0, 0.1) is 5.92 Å². The largest absolute Gasteiger partial charge is 0.377 e. The molecule has 1 aromatic rings. The van der Waals surface area contributed by atoms with Crippen LogP contribution < -0.4 is 0 Å². The Balaban J connectivity index is 1.58. The molecule has 1 aliphatic heterocycles. The molecule has 1 atom stereocenters. The Hall–Kier alpha value is -1.00. The molecule has 0 N–H and O–H groups in total. The first-order valence-corrected chi connectivity index (χ1v) is 8.88. The zero-order valence-electron chi connectivity index (χ0n) is 13.8. The number of ether oxygens (including phenoxy) is 1. The van der Waals surface area contributed by atoms with Crippen LogP contribution in [0.5, 0.6) is 0 Å². The van der Waals surface area contributed by atoms with Gasteiger partial charge in [0.15, 0.2) is 5.82 Å². The summed E-state index contributed by atoms with van der Waals surface area (Å²) < 4.78 is 5.16. The average molecular weight is 303 g/mol. The van der Waals surface area contributed by atoms with E-state index >= 15 is 0 Å². The first kappa shape index (κ1) is 15.9. The van der Waals surface area contributed by atoms with Crippen molar-refractivity contribution in [1.82, 2.24) is 14.9 Å². The minimum absolute atomic E-state index is 0.506. The van der Waals surface area contributed by atoms with Gasteiger partial charge in [0.2, 0.25) is 0 Å². The van der Waals surface area contributed by atoms with Gasteiger partial charge in [0.05, 0.1) is 0 Å². The van der Waals surface area contributed by atoms with E-state index in [2.05, 4.69) is 16.0 Å². The Morgan fingerprint density at radius 3 is 2.86 bits per heavy atom. The fourth-order valence-electron chi connectivity index (χ4n) is 4.04. The SMILES string of the molecule is COCc1nccc([C@@H]2CCCN(CC3CCCCC3)C2)n1. The Kier molecular flexibility index (Phi) is 5.79. The van der Waals surface area contributed by atoms with Crippen molar-refractivity contribution in [2.75, 3.05) is 26.7 Å². The number of piperidine rings is 1. The van der Waals surface area contributed by atoms with Crippen LogP contribution in [-0.4, -0.2) is 41.6 Å². The van der Waals surface area contributed by atoms with Gasteiger partial charge < -0.3 is 9.64 Å². The molecule has 1 aromatic heterocycles. The predicted octanol–water partition coefficient (Wildman–Crippen LogP) is 3.38. The molecule has 0 amide bonds. The Morgan fingerprint density at radius 1 is 1.18 bits per heavy atom. The molecule has 2 fully saturated rings. The molecular formula is C18H29N3O. The van der Waals surface area contributed by atoms with Crippen molar-refractivity contribution in [3.63, 3.8) is 0 Å². The summed E-state index contributed by atoms with van der Waals surface area (Å²) in [5.74, 6) is 2.31. The summed E-state index contributed by atoms with van der Waals surface area (Å²) in [4.78, 5) is 11.7. The van der Waals surface area contributed by atoms with Crippen LogP contribution in [0.4, 0.5) is 0 Å². The van der Waals surface area contributed by atoms with E-state index in [0.717, 1.165) is 11.7 Å². The summed E-state index contributed by atoms with van der Waals surface area (Å²) in [5, 5.41) is 0. The highest BCUT2D eigenvalue weighted by Crippen LogP contribution is 2.29. The first-order valence-electron chi connectivity index (χ1n) is 8.88. The van der Waals surface area contributed by atoms with Crippen molar-refractivity contribution in [2.24, 2.45) is 5.92 Å². The fourth-order valence-corrected chi connectivity index (χ4v) is 4.04. The minimum Gasteiger partial charge on any atom is -0.377 e. The summed E-state index contributed by atoms with van der Waals surface area (Å²) in [7, 11) is 1.70. The van der Waals surface area contributed by atoms with Crippen LogP contribution in [0.1, 0.15) is 62.4 Å². The lowest BCUT2D eigenvalue weighted by molar-refractivity contribution is 0.158. The maximum absolute atomic E-state index is 5.16. The second-order valence-corrected chi connectivity index (χ2v) is 6.93. The van der Waals surface area contributed by atoms with E-state index in [1.807, 2.05) is 6.20 Å². The lowest BCUT2D eigenvalue weighted by atomic mass is 9.87. The highest BCUT2D eigenvalue weighted by molar-refractivity contribution is 5.10. The van der Waals surface area contributed by atoms with Crippen molar-refractivity contribution in [1.29, 1.82) is 0 Å². The zero-order valence-corrected chi connectivity index (χ0v) is 13.8. The first-order chi connectivity index (χ1) is 10.8. The summed E-state index contributed by atoms with van der Waals surface area (Å²) in [6.45, 7) is 4.24. The minimum atomic E-state index is 0.506. The molecule has 1 saturated carbocycles. The maximum Gasteiger partial charge on any atom is 0.154 e. The van der Waals surface area contributed by atoms with Gasteiger partial charge in [0, 0.05) is 38.0 Å². The van der Waals surface area contributed by atoms with E-state index in [4.69, 9.17) is 9.72 Å². The molecule has 0 spiro atoms. The number of rotatable bonds is 5. The molecule has 2 aliphatic rings. The van der Waals surface area contributed by atoms with Gasteiger partial charge in [-0.1, -0.05) is 19.3 Å². The number of hydrogen-bond acceptors (Lipinski definition) is 4. The number of aromatic nitrogens is 2. The average Bonchev–Trinajstić information content (AvgIpc) is 2.57. The molecule has 2 heterocycles. The van der Waals surface area contributed by atoms with Crippen LogP contribution in [-0.2, 0) is 11.3 Å². The van der Waals surface area contributed by atoms with Crippen molar-refractivity contribution in [3.05, 3.63) is 23.8 Å². The normalized spacial score (nSPS) is 24.5. The summed E-state index contributed by atoms with van der Waals surface area (Å²) in [6, 6.07) is 2.09. The molecule has 3 rings (SSSR count).